The molecular formula is C21H24N2O3S. The molecule has 0 atom stereocenters. The fourth-order valence-electron chi connectivity index (χ4n) is 3.00. The van der Waals surface area contributed by atoms with E-state index in [4.69, 9.17) is 9.47 Å². The Kier molecular flexibility index (Phi) is 6.08. The van der Waals surface area contributed by atoms with E-state index in [0.29, 0.717) is 35.9 Å². The van der Waals surface area contributed by atoms with Gasteiger partial charge in [0.25, 0.3) is 5.91 Å². The second-order valence-corrected chi connectivity index (χ2v) is 7.29. The Labute approximate surface area is 162 Å². The molecule has 6 heteroatoms. The topological polar surface area (TPSA) is 52.8 Å². The van der Waals surface area contributed by atoms with E-state index in [2.05, 4.69) is 35.5 Å². The van der Waals surface area contributed by atoms with Gasteiger partial charge in [-0.3, -0.25) is 4.79 Å². The highest BCUT2D eigenvalue weighted by atomic mass is 32.1. The summed E-state index contributed by atoms with van der Waals surface area (Å²) in [4.78, 5) is 17.8. The number of aryl methyl sites for hydroxylation is 2. The maximum atomic E-state index is 12.7. The number of methoxy groups -OCH3 is 1. The molecule has 0 saturated heterocycles. The van der Waals surface area contributed by atoms with Crippen molar-refractivity contribution in [2.45, 2.75) is 27.3 Å². The quantitative estimate of drug-likeness (QED) is 0.601. The van der Waals surface area contributed by atoms with E-state index in [9.17, 15) is 4.79 Å². The minimum atomic E-state index is -0.260. The van der Waals surface area contributed by atoms with Crippen LogP contribution in [0.1, 0.15) is 28.4 Å². The van der Waals surface area contributed by atoms with Gasteiger partial charge in [-0.05, 0) is 62.2 Å². The monoisotopic (exact) mass is 384 g/mol. The van der Waals surface area contributed by atoms with E-state index in [1.165, 1.54) is 11.1 Å². The molecule has 0 aliphatic carbocycles. The molecule has 1 amide bonds. The lowest BCUT2D eigenvalue weighted by molar-refractivity contribution is 0.0996. The van der Waals surface area contributed by atoms with E-state index >= 15 is 0 Å². The normalized spacial score (nSPS) is 11.9. The van der Waals surface area contributed by atoms with Crippen LogP contribution in [0.2, 0.25) is 0 Å². The molecular weight excluding hydrogens is 360 g/mol. The molecule has 0 unspecified atom stereocenters. The van der Waals surface area contributed by atoms with Crippen LogP contribution in [0.4, 0.5) is 0 Å². The van der Waals surface area contributed by atoms with E-state index in [0.717, 1.165) is 10.2 Å². The lowest BCUT2D eigenvalue weighted by Crippen LogP contribution is -2.19. The number of benzene rings is 2. The van der Waals surface area contributed by atoms with E-state index in [1.54, 1.807) is 42.7 Å². The molecule has 0 fully saturated rings. The van der Waals surface area contributed by atoms with Crippen LogP contribution in [0.5, 0.6) is 5.75 Å². The Morgan fingerprint density at radius 2 is 1.93 bits per heavy atom. The summed E-state index contributed by atoms with van der Waals surface area (Å²) in [5.41, 5.74) is 4.02. The Bertz CT molecular complexity index is 1020. The van der Waals surface area contributed by atoms with Gasteiger partial charge in [-0.2, -0.15) is 4.99 Å². The van der Waals surface area contributed by atoms with Crippen molar-refractivity contribution in [1.82, 2.24) is 4.57 Å². The highest BCUT2D eigenvalue weighted by Gasteiger charge is 2.11. The van der Waals surface area contributed by atoms with Gasteiger partial charge < -0.3 is 14.0 Å². The van der Waals surface area contributed by atoms with Gasteiger partial charge in [-0.25, -0.2) is 0 Å². The zero-order valence-corrected chi connectivity index (χ0v) is 16.9. The minimum Gasteiger partial charge on any atom is -0.497 e. The molecule has 0 saturated carbocycles. The SMILES string of the molecule is CCOCCn1c(=NC(=O)c2ccc(OC)cc2)sc2c(C)cc(C)cc21. The molecule has 27 heavy (non-hydrogen) atoms. The van der Waals surface area contributed by atoms with Crippen molar-refractivity contribution in [2.24, 2.45) is 4.99 Å². The summed E-state index contributed by atoms with van der Waals surface area (Å²) in [7, 11) is 1.60. The van der Waals surface area contributed by atoms with Crippen LogP contribution in [-0.4, -0.2) is 30.8 Å². The average Bonchev–Trinajstić information content (AvgIpc) is 3.00. The van der Waals surface area contributed by atoms with E-state index in [1.807, 2.05) is 6.92 Å². The molecule has 3 aromatic rings. The highest BCUT2D eigenvalue weighted by Crippen LogP contribution is 2.23. The van der Waals surface area contributed by atoms with Crippen molar-refractivity contribution in [3.05, 3.63) is 57.9 Å². The van der Waals surface area contributed by atoms with Crippen LogP contribution in [0.3, 0.4) is 0 Å². The molecule has 0 bridgehead atoms. The molecule has 3 rings (SSSR count). The first-order chi connectivity index (χ1) is 13.0. The molecule has 0 N–H and O–H groups in total. The maximum Gasteiger partial charge on any atom is 0.279 e. The van der Waals surface area contributed by atoms with Gasteiger partial charge in [0, 0.05) is 18.7 Å². The lowest BCUT2D eigenvalue weighted by atomic mass is 10.1. The molecule has 0 spiro atoms. The molecule has 0 radical (unpaired) electrons. The minimum absolute atomic E-state index is 0.260. The van der Waals surface area contributed by atoms with Crippen molar-refractivity contribution in [2.75, 3.05) is 20.3 Å². The van der Waals surface area contributed by atoms with Gasteiger partial charge >= 0.3 is 0 Å². The smallest absolute Gasteiger partial charge is 0.279 e. The van der Waals surface area contributed by atoms with Gasteiger partial charge in [0.05, 0.1) is 23.9 Å². The number of hydrogen-bond donors (Lipinski definition) is 0. The van der Waals surface area contributed by atoms with Crippen molar-refractivity contribution < 1.29 is 14.3 Å². The summed E-state index contributed by atoms with van der Waals surface area (Å²) >= 11 is 1.54. The first-order valence-electron chi connectivity index (χ1n) is 8.95. The Morgan fingerprint density at radius 1 is 1.19 bits per heavy atom. The Balaban J connectivity index is 2.07. The zero-order chi connectivity index (χ0) is 19.4. The molecule has 142 valence electrons. The third-order valence-corrected chi connectivity index (χ3v) is 5.54. The van der Waals surface area contributed by atoms with Crippen LogP contribution >= 0.6 is 11.3 Å². The lowest BCUT2D eigenvalue weighted by Gasteiger charge is -2.07. The summed E-state index contributed by atoms with van der Waals surface area (Å²) in [6.07, 6.45) is 0. The molecule has 0 aliphatic heterocycles. The van der Waals surface area contributed by atoms with Gasteiger partial charge in [-0.1, -0.05) is 17.4 Å². The van der Waals surface area contributed by atoms with Crippen LogP contribution < -0.4 is 9.54 Å². The van der Waals surface area contributed by atoms with Gasteiger partial charge in [0.15, 0.2) is 4.80 Å². The number of rotatable bonds is 6. The number of fused-ring (bicyclic) bond motifs is 1. The summed E-state index contributed by atoms with van der Waals surface area (Å²) in [6, 6.07) is 11.3. The van der Waals surface area contributed by atoms with Crippen molar-refractivity contribution in [1.29, 1.82) is 0 Å². The molecule has 2 aromatic carbocycles. The largest absolute Gasteiger partial charge is 0.497 e. The fraction of sp³-hybridized carbons (Fsp3) is 0.333. The van der Waals surface area contributed by atoms with Crippen LogP contribution in [0.15, 0.2) is 41.4 Å². The predicted molar refractivity (Wildman–Crippen MR) is 109 cm³/mol. The summed E-state index contributed by atoms with van der Waals surface area (Å²) in [6.45, 7) is 8.05. The third kappa shape index (κ3) is 4.28. The average molecular weight is 385 g/mol. The zero-order valence-electron chi connectivity index (χ0n) is 16.1. The summed E-state index contributed by atoms with van der Waals surface area (Å²) in [5, 5.41) is 0. The van der Waals surface area contributed by atoms with Crippen LogP contribution in [-0.2, 0) is 11.3 Å². The standard InChI is InChI=1S/C21H24N2O3S/c1-5-26-11-10-23-18-13-14(2)12-15(3)19(18)27-21(23)22-20(24)16-6-8-17(25-4)9-7-16/h6-9,12-13H,5,10-11H2,1-4H3. The Hall–Kier alpha value is -2.44. The number of hydrogen-bond acceptors (Lipinski definition) is 4. The number of amides is 1. The molecule has 1 heterocycles. The van der Waals surface area contributed by atoms with Crippen molar-refractivity contribution in [3.63, 3.8) is 0 Å². The maximum absolute atomic E-state index is 12.7. The number of carbonyl (C=O) groups excluding carboxylic acids is 1. The van der Waals surface area contributed by atoms with E-state index < -0.39 is 0 Å². The molecule has 1 aromatic heterocycles. The number of ether oxygens (including phenoxy) is 2. The number of nitrogens with zero attached hydrogens (tertiary/aromatic N) is 2. The number of carbonyl (C=O) groups is 1. The van der Waals surface area contributed by atoms with Gasteiger partial charge in [0.2, 0.25) is 0 Å². The van der Waals surface area contributed by atoms with Crippen LogP contribution in [0.25, 0.3) is 10.2 Å². The molecule has 0 aliphatic rings. The number of aromatic nitrogens is 1. The highest BCUT2D eigenvalue weighted by molar-refractivity contribution is 7.16. The Morgan fingerprint density at radius 3 is 2.59 bits per heavy atom. The molecule has 5 nitrogen and oxygen atoms in total. The van der Waals surface area contributed by atoms with Crippen molar-refractivity contribution >= 4 is 27.5 Å². The second-order valence-electron chi connectivity index (χ2n) is 6.31. The third-order valence-electron chi connectivity index (χ3n) is 4.31. The van der Waals surface area contributed by atoms with E-state index in [-0.39, 0.29) is 5.91 Å². The summed E-state index contributed by atoms with van der Waals surface area (Å²) in [5.74, 6) is 0.454. The van der Waals surface area contributed by atoms with Gasteiger partial charge in [0.1, 0.15) is 5.75 Å². The summed E-state index contributed by atoms with van der Waals surface area (Å²) < 4.78 is 13.9. The number of thiazole rings is 1. The van der Waals surface area contributed by atoms with Crippen LogP contribution in [0, 0.1) is 13.8 Å². The first-order valence-corrected chi connectivity index (χ1v) is 9.76. The first kappa shape index (κ1) is 19.3. The van der Waals surface area contributed by atoms with Gasteiger partial charge in [-0.15, -0.1) is 0 Å². The predicted octanol–water partition coefficient (Wildman–Crippen LogP) is 4.11. The fourth-order valence-corrected chi connectivity index (χ4v) is 4.10. The van der Waals surface area contributed by atoms with Crippen molar-refractivity contribution in [3.8, 4) is 5.75 Å². The second kappa shape index (κ2) is 8.50.